The van der Waals surface area contributed by atoms with Gasteiger partial charge in [-0.25, -0.2) is 9.18 Å². The molecule has 0 bridgehead atoms. The average Bonchev–Trinajstić information content (AvgIpc) is 2.93. The Morgan fingerprint density at radius 3 is 2.21 bits per heavy atom. The van der Waals surface area contributed by atoms with Gasteiger partial charge in [-0.2, -0.15) is 0 Å². The Bertz CT molecular complexity index is 877. The zero-order valence-electron chi connectivity index (χ0n) is 17.6. The molecule has 3 amide bonds. The van der Waals surface area contributed by atoms with E-state index in [2.05, 4.69) is 0 Å². The Kier molecular flexibility index (Phi) is 5.64. The molecule has 1 heterocycles. The van der Waals surface area contributed by atoms with E-state index in [4.69, 9.17) is 0 Å². The maximum atomic E-state index is 13.6. The van der Waals surface area contributed by atoms with Crippen molar-refractivity contribution in [1.29, 1.82) is 0 Å². The number of nitrogens with zero attached hydrogens (tertiary/aromatic N) is 3. The van der Waals surface area contributed by atoms with Crippen molar-refractivity contribution in [3.05, 3.63) is 66.0 Å². The summed E-state index contributed by atoms with van der Waals surface area (Å²) in [6.07, 6.45) is 0.0543. The fraction of sp³-hybridized carbons (Fsp3) is 0.391. The van der Waals surface area contributed by atoms with Crippen LogP contribution in [0.3, 0.4) is 0 Å². The average molecular weight is 397 g/mol. The molecule has 2 aromatic carbocycles. The predicted molar refractivity (Wildman–Crippen MR) is 112 cm³/mol. The minimum absolute atomic E-state index is 0.0744. The first-order chi connectivity index (χ1) is 13.6. The molecular formula is C23H28FN3O2. The van der Waals surface area contributed by atoms with Crippen molar-refractivity contribution in [3.63, 3.8) is 0 Å². The van der Waals surface area contributed by atoms with E-state index in [1.165, 1.54) is 17.0 Å². The van der Waals surface area contributed by atoms with E-state index in [0.717, 1.165) is 5.56 Å². The SMILES string of the molecule is CN(C(=O)N1C(Cc2ccccc2)C(=O)N(C)C1C(C)(C)C)c1ccc(F)cc1. The highest BCUT2D eigenvalue weighted by Gasteiger charge is 2.51. The normalized spacial score (nSPS) is 19.6. The molecule has 1 aliphatic heterocycles. The van der Waals surface area contributed by atoms with E-state index in [0.29, 0.717) is 12.1 Å². The molecule has 0 aromatic heterocycles. The van der Waals surface area contributed by atoms with Crippen LogP contribution in [-0.2, 0) is 11.2 Å². The number of hydrogen-bond donors (Lipinski definition) is 0. The van der Waals surface area contributed by atoms with Crippen LogP contribution in [0.5, 0.6) is 0 Å². The Hall–Kier alpha value is -2.89. The van der Waals surface area contributed by atoms with E-state index >= 15 is 0 Å². The van der Waals surface area contributed by atoms with E-state index in [1.54, 1.807) is 36.0 Å². The number of carbonyl (C=O) groups excluding carboxylic acids is 2. The molecule has 2 unspecified atom stereocenters. The zero-order chi connectivity index (χ0) is 21.3. The summed E-state index contributed by atoms with van der Waals surface area (Å²) >= 11 is 0. The Morgan fingerprint density at radius 2 is 1.66 bits per heavy atom. The number of rotatable bonds is 3. The molecule has 2 aromatic rings. The van der Waals surface area contributed by atoms with Gasteiger partial charge < -0.3 is 4.90 Å². The highest BCUT2D eigenvalue weighted by Crippen LogP contribution is 2.36. The number of halogens is 1. The van der Waals surface area contributed by atoms with Crippen LogP contribution in [0.15, 0.2) is 54.6 Å². The highest BCUT2D eigenvalue weighted by molar-refractivity contribution is 5.97. The molecule has 3 rings (SSSR count). The molecule has 1 aliphatic rings. The van der Waals surface area contributed by atoms with Crippen LogP contribution < -0.4 is 4.90 Å². The van der Waals surface area contributed by atoms with Crippen molar-refractivity contribution in [1.82, 2.24) is 9.80 Å². The topological polar surface area (TPSA) is 43.9 Å². The van der Waals surface area contributed by atoms with Crippen LogP contribution in [-0.4, -0.2) is 48.0 Å². The minimum atomic E-state index is -0.595. The lowest BCUT2D eigenvalue weighted by Crippen LogP contribution is -2.54. The Labute approximate surface area is 171 Å². The van der Waals surface area contributed by atoms with Gasteiger partial charge in [0.1, 0.15) is 18.0 Å². The van der Waals surface area contributed by atoms with Crippen LogP contribution in [0.2, 0.25) is 0 Å². The van der Waals surface area contributed by atoms with Crippen molar-refractivity contribution >= 4 is 17.6 Å². The first-order valence-electron chi connectivity index (χ1n) is 9.73. The summed E-state index contributed by atoms with van der Waals surface area (Å²) in [5.41, 5.74) is 1.23. The second-order valence-corrected chi connectivity index (χ2v) is 8.62. The molecule has 0 spiro atoms. The second kappa shape index (κ2) is 7.85. The number of amides is 3. The van der Waals surface area contributed by atoms with E-state index < -0.39 is 6.04 Å². The van der Waals surface area contributed by atoms with E-state index in [1.807, 2.05) is 51.1 Å². The molecule has 6 heteroatoms. The largest absolute Gasteiger partial charge is 0.326 e. The summed E-state index contributed by atoms with van der Waals surface area (Å²) < 4.78 is 13.3. The number of anilines is 1. The summed E-state index contributed by atoms with van der Waals surface area (Å²) in [5, 5.41) is 0. The third kappa shape index (κ3) is 4.11. The molecule has 5 nitrogen and oxygen atoms in total. The van der Waals surface area contributed by atoms with Crippen molar-refractivity contribution in [2.45, 2.75) is 39.4 Å². The monoisotopic (exact) mass is 397 g/mol. The van der Waals surface area contributed by atoms with Gasteiger partial charge in [-0.15, -0.1) is 0 Å². The highest BCUT2D eigenvalue weighted by atomic mass is 19.1. The van der Waals surface area contributed by atoms with Crippen LogP contribution in [0, 0.1) is 11.2 Å². The predicted octanol–water partition coefficient (Wildman–Crippen LogP) is 4.14. The number of carbonyl (C=O) groups is 2. The molecule has 2 atom stereocenters. The Balaban J connectivity index is 1.99. The van der Waals surface area contributed by atoms with Gasteiger partial charge in [-0.1, -0.05) is 51.1 Å². The third-order valence-electron chi connectivity index (χ3n) is 5.37. The van der Waals surface area contributed by atoms with Gasteiger partial charge in [0.05, 0.1) is 0 Å². The molecule has 1 fully saturated rings. The van der Waals surface area contributed by atoms with E-state index in [9.17, 15) is 14.0 Å². The first kappa shape index (κ1) is 20.8. The maximum Gasteiger partial charge on any atom is 0.326 e. The number of hydrogen-bond acceptors (Lipinski definition) is 2. The van der Waals surface area contributed by atoms with Gasteiger partial charge in [0.15, 0.2) is 0 Å². The van der Waals surface area contributed by atoms with Gasteiger partial charge in [0, 0.05) is 31.6 Å². The van der Waals surface area contributed by atoms with Crippen LogP contribution >= 0.6 is 0 Å². The molecule has 29 heavy (non-hydrogen) atoms. The first-order valence-corrected chi connectivity index (χ1v) is 9.73. The molecule has 0 aliphatic carbocycles. The van der Waals surface area contributed by atoms with E-state index in [-0.39, 0.29) is 29.3 Å². The number of benzene rings is 2. The quantitative estimate of drug-likeness (QED) is 0.781. The molecule has 0 saturated carbocycles. The van der Waals surface area contributed by atoms with Gasteiger partial charge in [-0.3, -0.25) is 14.6 Å². The van der Waals surface area contributed by atoms with Gasteiger partial charge in [-0.05, 0) is 29.8 Å². The lowest BCUT2D eigenvalue weighted by atomic mass is 9.91. The lowest BCUT2D eigenvalue weighted by Gasteiger charge is -2.40. The maximum absolute atomic E-state index is 13.6. The van der Waals surface area contributed by atoms with Crippen molar-refractivity contribution in [3.8, 4) is 0 Å². The fourth-order valence-electron chi connectivity index (χ4n) is 4.04. The molecule has 154 valence electrons. The Morgan fingerprint density at radius 1 is 1.07 bits per heavy atom. The summed E-state index contributed by atoms with van der Waals surface area (Å²) in [7, 11) is 3.40. The lowest BCUT2D eigenvalue weighted by molar-refractivity contribution is -0.129. The summed E-state index contributed by atoms with van der Waals surface area (Å²) in [6.45, 7) is 6.06. The van der Waals surface area contributed by atoms with Crippen LogP contribution in [0.1, 0.15) is 26.3 Å². The summed E-state index contributed by atoms with van der Waals surface area (Å²) in [5.74, 6) is -0.435. The smallest absolute Gasteiger partial charge is 0.323 e. The minimum Gasteiger partial charge on any atom is -0.323 e. The summed E-state index contributed by atoms with van der Waals surface area (Å²) in [4.78, 5) is 31.5. The third-order valence-corrected chi connectivity index (χ3v) is 5.37. The second-order valence-electron chi connectivity index (χ2n) is 8.62. The molecular weight excluding hydrogens is 369 g/mol. The summed E-state index contributed by atoms with van der Waals surface area (Å²) in [6, 6.07) is 14.6. The number of likely N-dealkylation sites (N-methyl/N-ethyl adjacent to an activating group) is 1. The van der Waals surface area contributed by atoms with Gasteiger partial charge in [0.2, 0.25) is 5.91 Å². The standard InChI is InChI=1S/C23H28FN3O2/c1-23(2,3)21-26(5)20(28)19(15-16-9-7-6-8-10-16)27(21)22(29)25(4)18-13-11-17(24)12-14-18/h6-14,19,21H,15H2,1-5H3. The molecule has 0 radical (unpaired) electrons. The van der Waals surface area contributed by atoms with Gasteiger partial charge in [0.25, 0.3) is 0 Å². The van der Waals surface area contributed by atoms with Crippen molar-refractivity contribution in [2.24, 2.45) is 5.41 Å². The number of urea groups is 1. The van der Waals surface area contributed by atoms with Crippen LogP contribution in [0.4, 0.5) is 14.9 Å². The van der Waals surface area contributed by atoms with Crippen molar-refractivity contribution in [2.75, 3.05) is 19.0 Å². The zero-order valence-corrected chi connectivity index (χ0v) is 17.6. The van der Waals surface area contributed by atoms with Crippen LogP contribution in [0.25, 0.3) is 0 Å². The fourth-order valence-corrected chi connectivity index (χ4v) is 4.04. The van der Waals surface area contributed by atoms with Gasteiger partial charge >= 0.3 is 6.03 Å². The van der Waals surface area contributed by atoms with Crippen molar-refractivity contribution < 1.29 is 14.0 Å². The molecule has 0 N–H and O–H groups in total. The molecule has 1 saturated heterocycles.